The third-order valence-corrected chi connectivity index (χ3v) is 6.46. The van der Waals surface area contributed by atoms with Gasteiger partial charge in [0.05, 0.1) is 25.3 Å². The number of carbonyl (C=O) groups is 2. The number of rotatable bonds is 9. The molecule has 0 spiro atoms. The molecule has 3 N–H and O–H groups in total. The Balaban J connectivity index is 1.32. The van der Waals surface area contributed by atoms with Gasteiger partial charge in [0.25, 0.3) is 5.91 Å². The van der Waals surface area contributed by atoms with E-state index in [1.807, 2.05) is 0 Å². The normalized spacial score (nSPS) is 15.8. The van der Waals surface area contributed by atoms with E-state index in [0.717, 1.165) is 25.8 Å². The summed E-state index contributed by atoms with van der Waals surface area (Å²) in [7, 11) is 1.44. The van der Waals surface area contributed by atoms with Gasteiger partial charge < -0.3 is 19.6 Å². The lowest BCUT2D eigenvalue weighted by Crippen LogP contribution is -2.38. The minimum absolute atomic E-state index is 0.0232. The summed E-state index contributed by atoms with van der Waals surface area (Å²) >= 11 is 0. The zero-order chi connectivity index (χ0) is 28.1. The molecule has 0 aliphatic carbocycles. The number of methoxy groups -OCH3 is 1. The molecule has 1 aliphatic heterocycles. The first-order valence-electron chi connectivity index (χ1n) is 12.5. The number of hydrazone groups is 1. The fourth-order valence-electron chi connectivity index (χ4n) is 4.32. The number of carbonyl (C=O) groups excluding carboxylic acids is 2. The number of hydrogen-bond acceptors (Lipinski definition) is 13. The Morgan fingerprint density at radius 3 is 2.85 bits per heavy atom. The van der Waals surface area contributed by atoms with Gasteiger partial charge in [0.1, 0.15) is 0 Å². The van der Waals surface area contributed by atoms with E-state index < -0.39 is 11.9 Å². The van der Waals surface area contributed by atoms with Gasteiger partial charge in [-0.25, -0.2) is 14.8 Å². The second kappa shape index (κ2) is 11.8. The molecule has 208 valence electrons. The summed E-state index contributed by atoms with van der Waals surface area (Å²) in [6, 6.07) is 8.18. The first kappa shape index (κ1) is 26.6. The highest BCUT2D eigenvalue weighted by Crippen LogP contribution is 2.28. The van der Waals surface area contributed by atoms with Gasteiger partial charge in [-0.2, -0.15) is 9.78 Å². The number of benzene rings is 1. The third-order valence-electron chi connectivity index (χ3n) is 6.46. The van der Waals surface area contributed by atoms with Gasteiger partial charge in [-0.05, 0) is 72.5 Å². The van der Waals surface area contributed by atoms with Gasteiger partial charge in [0.15, 0.2) is 17.2 Å². The fraction of sp³-hybridized carbons (Fsp3) is 0.320. The molecular formula is C25H27N9O6. The fourth-order valence-corrected chi connectivity index (χ4v) is 4.32. The van der Waals surface area contributed by atoms with Crippen LogP contribution in [0.2, 0.25) is 0 Å². The number of anilines is 1. The molecule has 1 aromatic carbocycles. The maximum atomic E-state index is 13.1. The summed E-state index contributed by atoms with van der Waals surface area (Å²) in [5.41, 5.74) is 9.48. The largest absolute Gasteiger partial charge is 0.493 e. The van der Waals surface area contributed by atoms with Crippen molar-refractivity contribution in [2.45, 2.75) is 38.8 Å². The van der Waals surface area contributed by atoms with E-state index in [2.05, 4.69) is 43.0 Å². The maximum Gasteiger partial charge on any atom is 0.379 e. The van der Waals surface area contributed by atoms with E-state index in [1.54, 1.807) is 24.3 Å². The minimum atomic E-state index is -0.664. The third kappa shape index (κ3) is 5.68. The molecule has 15 heteroatoms. The molecule has 5 rings (SSSR count). The van der Waals surface area contributed by atoms with Crippen LogP contribution < -0.4 is 20.6 Å². The van der Waals surface area contributed by atoms with E-state index in [9.17, 15) is 9.59 Å². The van der Waals surface area contributed by atoms with E-state index >= 15 is 0 Å². The van der Waals surface area contributed by atoms with Gasteiger partial charge in [0, 0.05) is 12.6 Å². The van der Waals surface area contributed by atoms with Crippen molar-refractivity contribution in [2.24, 2.45) is 5.10 Å². The number of likely N-dealkylation sites (tertiary alicyclic amines) is 1. The van der Waals surface area contributed by atoms with Crippen LogP contribution in [0, 0.1) is 0 Å². The topological polar surface area (TPSA) is 189 Å². The average Bonchev–Trinajstić information content (AvgIpc) is 3.72. The smallest absolute Gasteiger partial charge is 0.379 e. The number of piperidine rings is 1. The first-order chi connectivity index (χ1) is 19.4. The summed E-state index contributed by atoms with van der Waals surface area (Å²) in [6.07, 6.45) is 6.03. The average molecular weight is 550 g/mol. The van der Waals surface area contributed by atoms with Gasteiger partial charge in [-0.1, -0.05) is 11.6 Å². The number of nitrogens with two attached hydrogens (primary N) is 1. The summed E-state index contributed by atoms with van der Waals surface area (Å²) in [4.78, 5) is 27.6. The van der Waals surface area contributed by atoms with E-state index in [4.69, 9.17) is 24.3 Å². The lowest BCUT2D eigenvalue weighted by Gasteiger charge is -2.33. The zero-order valence-corrected chi connectivity index (χ0v) is 21.8. The van der Waals surface area contributed by atoms with Crippen LogP contribution >= 0.6 is 0 Å². The van der Waals surface area contributed by atoms with Crippen molar-refractivity contribution in [3.63, 3.8) is 0 Å². The molecule has 1 saturated heterocycles. The molecule has 4 heterocycles. The maximum absolute atomic E-state index is 13.1. The van der Waals surface area contributed by atoms with Crippen molar-refractivity contribution in [2.75, 3.05) is 19.4 Å². The number of nitrogens with zero attached hydrogens (tertiary/aromatic N) is 7. The number of nitrogen functional groups attached to an aromatic ring is 1. The van der Waals surface area contributed by atoms with Crippen LogP contribution in [-0.4, -0.2) is 68.0 Å². The number of furan rings is 1. The van der Waals surface area contributed by atoms with Crippen LogP contribution in [0.5, 0.6) is 11.5 Å². The van der Waals surface area contributed by atoms with E-state index in [0.29, 0.717) is 23.8 Å². The molecule has 15 nitrogen and oxygen atoms in total. The number of nitrogens with one attached hydrogen (secondary N) is 1. The summed E-state index contributed by atoms with van der Waals surface area (Å²) in [6.45, 7) is 3.40. The minimum Gasteiger partial charge on any atom is -0.493 e. The molecule has 0 radical (unpaired) electrons. The van der Waals surface area contributed by atoms with Crippen molar-refractivity contribution in [3.8, 4) is 17.3 Å². The van der Waals surface area contributed by atoms with Crippen LogP contribution in [0.1, 0.15) is 58.5 Å². The Morgan fingerprint density at radius 2 is 2.12 bits per heavy atom. The van der Waals surface area contributed by atoms with E-state index in [1.165, 1.54) is 30.3 Å². The Morgan fingerprint density at radius 1 is 1.25 bits per heavy atom. The number of ether oxygens (including phenoxy) is 2. The van der Waals surface area contributed by atoms with Gasteiger partial charge in [0.2, 0.25) is 17.4 Å². The molecule has 1 fully saturated rings. The molecular weight excluding hydrogens is 522 g/mol. The molecule has 40 heavy (non-hydrogen) atoms. The van der Waals surface area contributed by atoms with Crippen molar-refractivity contribution < 1.29 is 28.1 Å². The highest BCUT2D eigenvalue weighted by Gasteiger charge is 2.28. The lowest BCUT2D eigenvalue weighted by atomic mass is 10.0. The zero-order valence-electron chi connectivity index (χ0n) is 21.8. The van der Waals surface area contributed by atoms with Crippen molar-refractivity contribution in [1.82, 2.24) is 35.6 Å². The first-order valence-corrected chi connectivity index (χ1v) is 12.5. The van der Waals surface area contributed by atoms with Crippen LogP contribution in [0.4, 0.5) is 5.82 Å². The van der Waals surface area contributed by atoms with Gasteiger partial charge in [-0.3, -0.25) is 9.69 Å². The van der Waals surface area contributed by atoms with Crippen molar-refractivity contribution >= 4 is 23.9 Å². The molecule has 0 saturated carbocycles. The highest BCUT2D eigenvalue weighted by molar-refractivity contribution is 5.94. The molecule has 1 unspecified atom stereocenters. The van der Waals surface area contributed by atoms with Crippen molar-refractivity contribution in [3.05, 3.63) is 59.3 Å². The molecule has 1 amide bonds. The molecule has 0 bridgehead atoms. The Labute approximate surface area is 227 Å². The van der Waals surface area contributed by atoms with Gasteiger partial charge in [-0.15, -0.1) is 5.10 Å². The Hall–Kier alpha value is -5.05. The summed E-state index contributed by atoms with van der Waals surface area (Å²) in [5, 5.41) is 19.6. The van der Waals surface area contributed by atoms with Crippen molar-refractivity contribution in [1.29, 1.82) is 0 Å². The highest BCUT2D eigenvalue weighted by atomic mass is 16.6. The predicted octanol–water partition coefficient (Wildman–Crippen LogP) is 2.19. The van der Waals surface area contributed by atoms with Crippen LogP contribution in [0.3, 0.4) is 0 Å². The number of esters is 1. The molecule has 1 aliphatic rings. The number of hydrogen-bond donors (Lipinski definition) is 2. The number of aromatic nitrogens is 5. The molecule has 1 atom stereocenters. The Bertz CT molecular complexity index is 1510. The quantitative estimate of drug-likeness (QED) is 0.134. The molecule has 3 aromatic heterocycles. The molecule has 4 aromatic rings. The van der Waals surface area contributed by atoms with E-state index in [-0.39, 0.29) is 34.6 Å². The monoisotopic (exact) mass is 549 g/mol. The predicted molar refractivity (Wildman–Crippen MR) is 139 cm³/mol. The summed E-state index contributed by atoms with van der Waals surface area (Å²) in [5.74, 6) is -0.528. The van der Waals surface area contributed by atoms with Crippen LogP contribution in [-0.2, 0) is 6.54 Å². The second-order valence-electron chi connectivity index (χ2n) is 9.06. The standard InChI is InChI=1S/C25H27N9O6/c1-15-6-3-4-10-33(15)14-17-21(28-32-34(17)23-22(26)30-40-31-23)24(35)29-27-13-16-8-9-18(20(12-16)37-2)39-25(36)19-7-5-11-38-19/h5,7-9,11-13,15H,3-4,6,10,14H2,1-2H3,(H2,26,30)(H,29,35). The summed E-state index contributed by atoms with van der Waals surface area (Å²) < 4.78 is 21.8. The lowest BCUT2D eigenvalue weighted by molar-refractivity contribution is 0.0696. The van der Waals surface area contributed by atoms with Gasteiger partial charge >= 0.3 is 5.97 Å². The Kier molecular flexibility index (Phi) is 7.82. The second-order valence-corrected chi connectivity index (χ2v) is 9.06. The SMILES string of the molecule is COc1cc(C=NNC(=O)c2nnn(-c3nonc3N)c2CN2CCCCC2C)ccc1OC(=O)c1ccco1. The van der Waals surface area contributed by atoms with Crippen LogP contribution in [0.15, 0.2) is 50.7 Å². The number of amides is 1. The van der Waals surface area contributed by atoms with Crippen LogP contribution in [0.25, 0.3) is 5.82 Å².